The second-order valence-corrected chi connectivity index (χ2v) is 7.15. The molecule has 0 aliphatic heterocycles. The molecule has 1 unspecified atom stereocenters. The van der Waals surface area contributed by atoms with E-state index in [0.29, 0.717) is 22.5 Å². The predicted molar refractivity (Wildman–Crippen MR) is 90.3 cm³/mol. The van der Waals surface area contributed by atoms with Crippen LogP contribution in [-0.4, -0.2) is 5.60 Å². The maximum Gasteiger partial charge on any atom is 0.601 e. The molecule has 0 saturated carbocycles. The van der Waals surface area contributed by atoms with Gasteiger partial charge in [0.1, 0.15) is 5.60 Å². The van der Waals surface area contributed by atoms with Gasteiger partial charge in [-0.15, -0.1) is 0 Å². The van der Waals surface area contributed by atoms with Gasteiger partial charge in [0, 0.05) is 11.3 Å². The van der Waals surface area contributed by atoms with Crippen LogP contribution in [0.15, 0.2) is 42.5 Å². The molecule has 2 rings (SSSR count). The maximum atomic E-state index is 12.7. The first-order valence-corrected chi connectivity index (χ1v) is 8.24. The molecule has 0 fully saturated rings. The van der Waals surface area contributed by atoms with Crippen molar-refractivity contribution in [2.45, 2.75) is 33.3 Å². The third-order valence-corrected chi connectivity index (χ3v) is 4.26. The molecular weight excluding hydrogens is 297 g/mol. The topological polar surface area (TPSA) is 61.5 Å². The second-order valence-electron chi connectivity index (χ2n) is 6.00. The average Bonchev–Trinajstić information content (AvgIpc) is 2.42. The number of benzene rings is 2. The van der Waals surface area contributed by atoms with E-state index < -0.39 is 13.6 Å². The van der Waals surface area contributed by atoms with Gasteiger partial charge in [0.2, 0.25) is 0 Å². The van der Waals surface area contributed by atoms with Crippen LogP contribution in [0.4, 0.5) is 5.69 Å². The zero-order valence-corrected chi connectivity index (χ0v) is 14.2. The van der Waals surface area contributed by atoms with Crippen LogP contribution < -0.4 is 20.3 Å². The van der Waals surface area contributed by atoms with E-state index in [0.717, 1.165) is 5.56 Å². The third-order valence-electron chi connectivity index (χ3n) is 2.97. The summed E-state index contributed by atoms with van der Waals surface area (Å²) >= 11 is 0. The molecular formula is C17H21NO3P+. The summed E-state index contributed by atoms with van der Waals surface area (Å²) in [6.07, 6.45) is 0. The van der Waals surface area contributed by atoms with Gasteiger partial charge in [0.05, 0.1) is 0 Å². The Morgan fingerprint density at radius 2 is 1.68 bits per heavy atom. The quantitative estimate of drug-likeness (QED) is 0.678. The van der Waals surface area contributed by atoms with Crippen molar-refractivity contribution >= 4 is 19.0 Å². The molecule has 0 spiro atoms. The van der Waals surface area contributed by atoms with Crippen molar-refractivity contribution in [3.8, 4) is 11.5 Å². The molecule has 22 heavy (non-hydrogen) atoms. The lowest BCUT2D eigenvalue weighted by atomic mass is 10.1. The van der Waals surface area contributed by atoms with E-state index in [1.165, 1.54) is 0 Å². The van der Waals surface area contributed by atoms with Gasteiger partial charge in [-0.3, -0.25) is 4.52 Å². The van der Waals surface area contributed by atoms with Crippen LogP contribution in [0.2, 0.25) is 0 Å². The Balaban J connectivity index is 2.39. The number of anilines is 1. The average molecular weight is 318 g/mol. The number of rotatable bonds is 4. The molecule has 0 aromatic heterocycles. The molecule has 2 N–H and O–H groups in total. The third kappa shape index (κ3) is 3.99. The molecule has 0 bridgehead atoms. The van der Waals surface area contributed by atoms with Crippen LogP contribution in [0.3, 0.4) is 0 Å². The zero-order valence-electron chi connectivity index (χ0n) is 13.3. The predicted octanol–water partition coefficient (Wildman–Crippen LogP) is 4.20. The summed E-state index contributed by atoms with van der Waals surface area (Å²) in [6, 6.07) is 12.6. The van der Waals surface area contributed by atoms with Crippen molar-refractivity contribution in [1.29, 1.82) is 0 Å². The van der Waals surface area contributed by atoms with E-state index in [2.05, 4.69) is 0 Å². The van der Waals surface area contributed by atoms with E-state index in [4.69, 9.17) is 15.0 Å². The smallest absolute Gasteiger partial charge is 0.483 e. The van der Waals surface area contributed by atoms with Gasteiger partial charge >= 0.3 is 8.03 Å². The molecule has 0 radical (unpaired) electrons. The van der Waals surface area contributed by atoms with Gasteiger partial charge in [0.25, 0.3) is 5.30 Å². The summed E-state index contributed by atoms with van der Waals surface area (Å²) in [5.41, 5.74) is 6.83. The maximum absolute atomic E-state index is 12.7. The highest BCUT2D eigenvalue weighted by atomic mass is 31.1. The lowest BCUT2D eigenvalue weighted by Gasteiger charge is -2.21. The van der Waals surface area contributed by atoms with Crippen LogP contribution in [0.25, 0.3) is 0 Å². The Bertz CT molecular complexity index is 678. The summed E-state index contributed by atoms with van der Waals surface area (Å²) in [6.45, 7) is 7.64. The van der Waals surface area contributed by atoms with Crippen molar-refractivity contribution in [1.82, 2.24) is 0 Å². The minimum atomic E-state index is -2.12. The fraction of sp³-hybridized carbons (Fsp3) is 0.294. The Labute approximate surface area is 132 Å². The summed E-state index contributed by atoms with van der Waals surface area (Å²) in [5, 5.41) is 0.508. The Morgan fingerprint density at radius 1 is 1.05 bits per heavy atom. The molecule has 116 valence electrons. The van der Waals surface area contributed by atoms with Gasteiger partial charge in [0.15, 0.2) is 11.5 Å². The van der Waals surface area contributed by atoms with E-state index in [-0.39, 0.29) is 0 Å². The van der Waals surface area contributed by atoms with Crippen LogP contribution in [0.5, 0.6) is 11.5 Å². The van der Waals surface area contributed by atoms with Crippen LogP contribution >= 0.6 is 8.03 Å². The summed E-state index contributed by atoms with van der Waals surface area (Å²) < 4.78 is 24.2. The van der Waals surface area contributed by atoms with Crippen molar-refractivity contribution in [2.75, 3.05) is 5.73 Å². The summed E-state index contributed by atoms with van der Waals surface area (Å²) in [7, 11) is -2.12. The Hall–Kier alpha value is -2.06. The van der Waals surface area contributed by atoms with E-state index in [1.807, 2.05) is 45.9 Å². The lowest BCUT2D eigenvalue weighted by Crippen LogP contribution is -2.26. The molecule has 0 amide bonds. The van der Waals surface area contributed by atoms with Gasteiger partial charge < -0.3 is 10.5 Å². The summed E-state index contributed by atoms with van der Waals surface area (Å²) in [4.78, 5) is 0. The molecule has 1 atom stereocenters. The van der Waals surface area contributed by atoms with Gasteiger partial charge in [-0.05, 0) is 56.5 Å². The molecule has 0 heterocycles. The molecule has 0 aliphatic carbocycles. The number of nitrogen functional groups attached to an aromatic ring is 1. The van der Waals surface area contributed by atoms with Crippen molar-refractivity contribution < 1.29 is 13.8 Å². The van der Waals surface area contributed by atoms with Crippen molar-refractivity contribution in [3.63, 3.8) is 0 Å². The standard InChI is InChI=1S/C17H21NO3P/c1-12-14(18)10-11-15(20-17(2,3)4)16(12)22(19)21-13-8-6-5-7-9-13/h5-11H,18H2,1-4H3/q+1. The van der Waals surface area contributed by atoms with Crippen LogP contribution in [0.1, 0.15) is 26.3 Å². The molecule has 5 heteroatoms. The van der Waals surface area contributed by atoms with Gasteiger partial charge in [-0.2, -0.15) is 0 Å². The first-order valence-electron chi connectivity index (χ1n) is 7.06. The largest absolute Gasteiger partial charge is 0.601 e. The number of para-hydroxylation sites is 1. The highest BCUT2D eigenvalue weighted by molar-refractivity contribution is 7.49. The second kappa shape index (κ2) is 6.37. The fourth-order valence-electron chi connectivity index (χ4n) is 1.95. The van der Waals surface area contributed by atoms with Crippen LogP contribution in [-0.2, 0) is 4.57 Å². The highest BCUT2D eigenvalue weighted by Gasteiger charge is 2.34. The fourth-order valence-corrected chi connectivity index (χ4v) is 3.06. The van der Waals surface area contributed by atoms with E-state index in [9.17, 15) is 4.57 Å². The number of ether oxygens (including phenoxy) is 1. The SMILES string of the molecule is Cc1c(N)ccc(OC(C)(C)C)c1[P+](=O)Oc1ccccc1. The first-order chi connectivity index (χ1) is 10.3. The lowest BCUT2D eigenvalue weighted by molar-refractivity contribution is 0.132. The first kappa shape index (κ1) is 16.3. The number of hydrogen-bond acceptors (Lipinski definition) is 4. The molecule has 2 aromatic carbocycles. The molecule has 0 aliphatic rings. The van der Waals surface area contributed by atoms with Crippen molar-refractivity contribution in [3.05, 3.63) is 48.0 Å². The Kier molecular flexibility index (Phi) is 4.72. The van der Waals surface area contributed by atoms with E-state index in [1.54, 1.807) is 24.3 Å². The minimum Gasteiger partial charge on any atom is -0.483 e. The van der Waals surface area contributed by atoms with E-state index >= 15 is 0 Å². The van der Waals surface area contributed by atoms with Gasteiger partial charge in [-0.1, -0.05) is 18.2 Å². The van der Waals surface area contributed by atoms with Crippen LogP contribution in [0, 0.1) is 6.92 Å². The molecule has 4 nitrogen and oxygen atoms in total. The minimum absolute atomic E-state index is 0.403. The zero-order chi connectivity index (χ0) is 16.3. The summed E-state index contributed by atoms with van der Waals surface area (Å²) in [5.74, 6) is 1.09. The monoisotopic (exact) mass is 318 g/mol. The Morgan fingerprint density at radius 3 is 2.27 bits per heavy atom. The number of nitrogens with two attached hydrogens (primary N) is 1. The highest BCUT2D eigenvalue weighted by Crippen LogP contribution is 2.34. The van der Waals surface area contributed by atoms with Crippen molar-refractivity contribution in [2.24, 2.45) is 0 Å². The van der Waals surface area contributed by atoms with Gasteiger partial charge in [-0.25, -0.2) is 0 Å². The number of hydrogen-bond donors (Lipinski definition) is 1. The molecule has 0 saturated heterocycles. The molecule has 2 aromatic rings. The normalized spacial score (nSPS) is 11.9.